The van der Waals surface area contributed by atoms with Crippen LogP contribution in [0.2, 0.25) is 0 Å². The van der Waals surface area contributed by atoms with Crippen molar-refractivity contribution in [1.82, 2.24) is 0 Å². The first-order valence-electron chi connectivity index (χ1n) is 3.07. The molecule has 0 rings (SSSR count). The standard InChI is InChI=1S/C6H9Cl3O2/c1-4(2)11-5(10)3-6(7,8)9/h4H,3H2,1-2H3. The van der Waals surface area contributed by atoms with E-state index in [1.807, 2.05) is 0 Å². The number of hydrogen-bond donors (Lipinski definition) is 0. The molecule has 0 bridgehead atoms. The van der Waals surface area contributed by atoms with Gasteiger partial charge >= 0.3 is 5.97 Å². The summed E-state index contributed by atoms with van der Waals surface area (Å²) in [5, 5.41) is 0. The topological polar surface area (TPSA) is 26.3 Å². The van der Waals surface area contributed by atoms with E-state index >= 15 is 0 Å². The minimum Gasteiger partial charge on any atom is -0.463 e. The van der Waals surface area contributed by atoms with Crippen LogP contribution in [-0.4, -0.2) is 15.9 Å². The molecule has 0 radical (unpaired) electrons. The second kappa shape index (κ2) is 4.39. The zero-order valence-electron chi connectivity index (χ0n) is 6.23. The SMILES string of the molecule is CC(C)OC(=O)CC(Cl)(Cl)Cl. The largest absolute Gasteiger partial charge is 0.463 e. The van der Waals surface area contributed by atoms with Gasteiger partial charge in [-0.1, -0.05) is 34.8 Å². The maximum Gasteiger partial charge on any atom is 0.310 e. The number of esters is 1. The monoisotopic (exact) mass is 218 g/mol. The quantitative estimate of drug-likeness (QED) is 0.527. The van der Waals surface area contributed by atoms with Crippen LogP contribution in [0.5, 0.6) is 0 Å². The molecule has 0 spiro atoms. The molecule has 0 N–H and O–H groups in total. The first kappa shape index (κ1) is 11.3. The molecular weight excluding hydrogens is 210 g/mol. The summed E-state index contributed by atoms with van der Waals surface area (Å²) in [5.74, 6) is -0.500. The molecule has 0 aliphatic carbocycles. The Morgan fingerprint density at radius 3 is 2.18 bits per heavy atom. The number of carbonyl (C=O) groups is 1. The van der Waals surface area contributed by atoms with E-state index in [-0.39, 0.29) is 12.5 Å². The van der Waals surface area contributed by atoms with Crippen LogP contribution in [0.1, 0.15) is 20.3 Å². The Labute approximate surface area is 80.7 Å². The lowest BCUT2D eigenvalue weighted by Crippen LogP contribution is -2.17. The molecule has 0 saturated carbocycles. The van der Waals surface area contributed by atoms with E-state index in [9.17, 15) is 4.79 Å². The van der Waals surface area contributed by atoms with Crippen molar-refractivity contribution in [3.8, 4) is 0 Å². The maximum absolute atomic E-state index is 10.8. The molecule has 0 unspecified atom stereocenters. The van der Waals surface area contributed by atoms with Gasteiger partial charge in [0.25, 0.3) is 0 Å². The van der Waals surface area contributed by atoms with Gasteiger partial charge in [0.15, 0.2) is 0 Å². The van der Waals surface area contributed by atoms with E-state index in [1.54, 1.807) is 13.8 Å². The number of alkyl halides is 3. The molecule has 5 heteroatoms. The smallest absolute Gasteiger partial charge is 0.310 e. The molecule has 0 aliphatic rings. The van der Waals surface area contributed by atoms with Crippen LogP contribution in [0.15, 0.2) is 0 Å². The van der Waals surface area contributed by atoms with Gasteiger partial charge in [-0.15, -0.1) is 0 Å². The first-order valence-corrected chi connectivity index (χ1v) is 4.21. The summed E-state index contributed by atoms with van der Waals surface area (Å²) >= 11 is 16.0. The van der Waals surface area contributed by atoms with Gasteiger partial charge in [-0.05, 0) is 13.8 Å². The van der Waals surface area contributed by atoms with E-state index < -0.39 is 9.76 Å². The third kappa shape index (κ3) is 8.24. The zero-order valence-corrected chi connectivity index (χ0v) is 8.50. The second-order valence-corrected chi connectivity index (χ2v) is 4.85. The molecule has 0 heterocycles. The Kier molecular flexibility index (Phi) is 4.52. The number of halogens is 3. The fourth-order valence-corrected chi connectivity index (χ4v) is 0.796. The highest BCUT2D eigenvalue weighted by Gasteiger charge is 2.25. The van der Waals surface area contributed by atoms with Gasteiger partial charge in [-0.2, -0.15) is 0 Å². The van der Waals surface area contributed by atoms with Crippen LogP contribution < -0.4 is 0 Å². The Hall–Kier alpha value is 0.340. The molecule has 0 atom stereocenters. The van der Waals surface area contributed by atoms with Crippen molar-refractivity contribution < 1.29 is 9.53 Å². The third-order valence-corrected chi connectivity index (χ3v) is 1.11. The average molecular weight is 219 g/mol. The van der Waals surface area contributed by atoms with Crippen molar-refractivity contribution in [2.45, 2.75) is 30.2 Å². The van der Waals surface area contributed by atoms with Gasteiger partial charge in [-0.3, -0.25) is 4.79 Å². The zero-order chi connectivity index (χ0) is 9.07. The van der Waals surface area contributed by atoms with Gasteiger partial charge in [0.05, 0.1) is 12.5 Å². The summed E-state index contributed by atoms with van der Waals surface area (Å²) in [7, 11) is 0. The van der Waals surface area contributed by atoms with Crippen LogP contribution >= 0.6 is 34.8 Å². The molecule has 0 aromatic heterocycles. The summed E-state index contributed by atoms with van der Waals surface area (Å²) in [6, 6.07) is 0. The van der Waals surface area contributed by atoms with Crippen LogP contribution in [0, 0.1) is 0 Å². The normalized spacial score (nSPS) is 11.8. The molecule has 0 fully saturated rings. The van der Waals surface area contributed by atoms with Crippen LogP contribution in [0.3, 0.4) is 0 Å². The molecule has 0 aromatic rings. The maximum atomic E-state index is 10.8. The summed E-state index contributed by atoms with van der Waals surface area (Å²) in [6.07, 6.45) is -0.384. The molecule has 2 nitrogen and oxygen atoms in total. The highest BCUT2D eigenvalue weighted by atomic mass is 35.6. The lowest BCUT2D eigenvalue weighted by Gasteiger charge is -2.11. The van der Waals surface area contributed by atoms with Gasteiger partial charge in [0.1, 0.15) is 0 Å². The van der Waals surface area contributed by atoms with Gasteiger partial charge in [0, 0.05) is 0 Å². The minimum absolute atomic E-state index is 0.171. The van der Waals surface area contributed by atoms with Crippen molar-refractivity contribution in [2.75, 3.05) is 0 Å². The number of rotatable bonds is 2. The number of carbonyl (C=O) groups excluding carboxylic acids is 1. The van der Waals surface area contributed by atoms with Crippen LogP contribution in [0.25, 0.3) is 0 Å². The first-order chi connectivity index (χ1) is 4.81. The molecule has 0 amide bonds. The third-order valence-electron chi connectivity index (χ3n) is 0.712. The van der Waals surface area contributed by atoms with Crippen molar-refractivity contribution >= 4 is 40.8 Å². The minimum atomic E-state index is -1.55. The fraction of sp³-hybridized carbons (Fsp3) is 0.833. The molecule has 0 aromatic carbocycles. The molecule has 0 saturated heterocycles. The molecular formula is C6H9Cl3O2. The Bertz CT molecular complexity index is 139. The Balaban J connectivity index is 3.71. The number of hydrogen-bond acceptors (Lipinski definition) is 2. The molecule has 0 aliphatic heterocycles. The van der Waals surface area contributed by atoms with Crippen LogP contribution in [0.4, 0.5) is 0 Å². The molecule has 66 valence electrons. The van der Waals surface area contributed by atoms with E-state index in [4.69, 9.17) is 39.5 Å². The van der Waals surface area contributed by atoms with Crippen molar-refractivity contribution in [1.29, 1.82) is 0 Å². The van der Waals surface area contributed by atoms with Gasteiger partial charge in [0.2, 0.25) is 3.79 Å². The van der Waals surface area contributed by atoms with Crippen molar-refractivity contribution in [2.24, 2.45) is 0 Å². The summed E-state index contributed by atoms with van der Waals surface area (Å²) < 4.78 is 3.18. The second-order valence-electron chi connectivity index (χ2n) is 2.33. The van der Waals surface area contributed by atoms with E-state index in [1.165, 1.54) is 0 Å². The summed E-state index contributed by atoms with van der Waals surface area (Å²) in [6.45, 7) is 3.46. The lowest BCUT2D eigenvalue weighted by molar-refractivity contribution is -0.147. The summed E-state index contributed by atoms with van der Waals surface area (Å²) in [4.78, 5) is 10.8. The molecule has 11 heavy (non-hydrogen) atoms. The Morgan fingerprint density at radius 2 is 1.91 bits per heavy atom. The van der Waals surface area contributed by atoms with Crippen LogP contribution in [-0.2, 0) is 9.53 Å². The fourth-order valence-electron chi connectivity index (χ4n) is 0.468. The summed E-state index contributed by atoms with van der Waals surface area (Å²) in [5.41, 5.74) is 0. The average Bonchev–Trinajstić information content (AvgIpc) is 1.53. The van der Waals surface area contributed by atoms with E-state index in [0.29, 0.717) is 0 Å². The van der Waals surface area contributed by atoms with Crippen molar-refractivity contribution in [3.63, 3.8) is 0 Å². The highest BCUT2D eigenvalue weighted by Crippen LogP contribution is 2.30. The van der Waals surface area contributed by atoms with E-state index in [2.05, 4.69) is 0 Å². The number of ether oxygens (including phenoxy) is 1. The predicted molar refractivity (Wildman–Crippen MR) is 46.1 cm³/mol. The highest BCUT2D eigenvalue weighted by molar-refractivity contribution is 6.68. The van der Waals surface area contributed by atoms with E-state index in [0.717, 1.165) is 0 Å². The van der Waals surface area contributed by atoms with Crippen molar-refractivity contribution in [3.05, 3.63) is 0 Å². The predicted octanol–water partition coefficient (Wildman–Crippen LogP) is 2.70. The lowest BCUT2D eigenvalue weighted by atomic mass is 10.4. The Morgan fingerprint density at radius 1 is 1.45 bits per heavy atom. The van der Waals surface area contributed by atoms with Gasteiger partial charge < -0.3 is 4.74 Å². The van der Waals surface area contributed by atoms with Gasteiger partial charge in [-0.25, -0.2) is 0 Å².